The Hall–Kier alpha value is -1.58. The molecule has 0 aromatic rings. The van der Waals surface area contributed by atoms with E-state index < -0.39 is 4.92 Å². The Labute approximate surface area is 64.1 Å². The van der Waals surface area contributed by atoms with Crippen LogP contribution in [0.25, 0.3) is 0 Å². The van der Waals surface area contributed by atoms with Gasteiger partial charge in [0.25, 0.3) is 6.20 Å². The standard InChI is InChI=1S/C7H8N2O2/c1-6-3-2-4-8-7(6)5-9(10)11/h2-5,8H,1H3. The van der Waals surface area contributed by atoms with Gasteiger partial charge in [0.15, 0.2) is 0 Å². The summed E-state index contributed by atoms with van der Waals surface area (Å²) in [5.41, 5.74) is 1.40. The molecule has 0 saturated carbocycles. The first kappa shape index (κ1) is 7.53. The van der Waals surface area contributed by atoms with Crippen LogP contribution in [0.4, 0.5) is 0 Å². The van der Waals surface area contributed by atoms with Gasteiger partial charge in [0, 0.05) is 6.20 Å². The van der Waals surface area contributed by atoms with Crippen LogP contribution in [0.3, 0.4) is 0 Å². The molecule has 11 heavy (non-hydrogen) atoms. The van der Waals surface area contributed by atoms with Crippen LogP contribution >= 0.6 is 0 Å². The van der Waals surface area contributed by atoms with Crippen molar-refractivity contribution in [2.75, 3.05) is 0 Å². The summed E-state index contributed by atoms with van der Waals surface area (Å²) >= 11 is 0. The van der Waals surface area contributed by atoms with Gasteiger partial charge in [-0.2, -0.15) is 0 Å². The molecule has 0 bridgehead atoms. The lowest BCUT2D eigenvalue weighted by Crippen LogP contribution is -2.10. The molecule has 1 aliphatic heterocycles. The zero-order valence-electron chi connectivity index (χ0n) is 6.07. The highest BCUT2D eigenvalue weighted by Gasteiger charge is 2.04. The molecule has 0 amide bonds. The van der Waals surface area contributed by atoms with Crippen molar-refractivity contribution in [1.82, 2.24) is 5.32 Å². The summed E-state index contributed by atoms with van der Waals surface area (Å²) in [6.07, 6.45) is 6.22. The van der Waals surface area contributed by atoms with E-state index in [-0.39, 0.29) is 0 Å². The van der Waals surface area contributed by atoms with Crippen LogP contribution in [0.5, 0.6) is 0 Å². The van der Waals surface area contributed by atoms with Crippen LogP contribution in [0, 0.1) is 10.1 Å². The van der Waals surface area contributed by atoms with E-state index in [1.165, 1.54) is 0 Å². The summed E-state index contributed by atoms with van der Waals surface area (Å²) in [5, 5.41) is 12.8. The highest BCUT2D eigenvalue weighted by molar-refractivity contribution is 5.34. The van der Waals surface area contributed by atoms with Gasteiger partial charge < -0.3 is 5.32 Å². The maximum Gasteiger partial charge on any atom is 0.257 e. The van der Waals surface area contributed by atoms with Gasteiger partial charge in [-0.1, -0.05) is 6.08 Å². The molecule has 1 rings (SSSR count). The van der Waals surface area contributed by atoms with E-state index in [0.717, 1.165) is 11.8 Å². The topological polar surface area (TPSA) is 55.2 Å². The minimum Gasteiger partial charge on any atom is -0.356 e. The maximum atomic E-state index is 10.1. The lowest BCUT2D eigenvalue weighted by molar-refractivity contribution is -0.403. The van der Waals surface area contributed by atoms with Crippen LogP contribution in [-0.4, -0.2) is 4.92 Å². The summed E-state index contributed by atoms with van der Waals surface area (Å²) in [5.74, 6) is 0. The van der Waals surface area contributed by atoms with Crippen molar-refractivity contribution in [3.63, 3.8) is 0 Å². The third kappa shape index (κ3) is 1.93. The summed E-state index contributed by atoms with van der Waals surface area (Å²) in [6.45, 7) is 1.81. The van der Waals surface area contributed by atoms with Gasteiger partial charge in [0.05, 0.1) is 4.92 Å². The molecule has 0 aromatic heterocycles. The minimum absolute atomic E-state index is 0.473. The molecule has 1 heterocycles. The minimum atomic E-state index is -0.473. The predicted octanol–water partition coefficient (Wildman–Crippen LogP) is 1.17. The molecular weight excluding hydrogens is 144 g/mol. The molecule has 0 radical (unpaired) electrons. The van der Waals surface area contributed by atoms with Crippen molar-refractivity contribution in [2.24, 2.45) is 0 Å². The van der Waals surface area contributed by atoms with Crippen LogP contribution < -0.4 is 5.32 Å². The molecule has 0 saturated heterocycles. The van der Waals surface area contributed by atoms with Gasteiger partial charge in [-0.05, 0) is 18.6 Å². The third-order valence-corrected chi connectivity index (χ3v) is 1.34. The SMILES string of the molecule is CC1=CC=CNC1=C[N+](=O)[O-]. The fourth-order valence-electron chi connectivity index (χ4n) is 0.778. The summed E-state index contributed by atoms with van der Waals surface area (Å²) in [4.78, 5) is 9.58. The molecule has 4 nitrogen and oxygen atoms in total. The van der Waals surface area contributed by atoms with Gasteiger partial charge in [0.1, 0.15) is 5.70 Å². The largest absolute Gasteiger partial charge is 0.356 e. The van der Waals surface area contributed by atoms with Gasteiger partial charge in [-0.15, -0.1) is 0 Å². The Morgan fingerprint density at radius 1 is 1.73 bits per heavy atom. The van der Waals surface area contributed by atoms with E-state index in [1.807, 2.05) is 13.0 Å². The molecule has 0 spiro atoms. The number of nitrogens with zero attached hydrogens (tertiary/aromatic N) is 1. The highest BCUT2D eigenvalue weighted by atomic mass is 16.6. The second kappa shape index (κ2) is 3.01. The predicted molar refractivity (Wildman–Crippen MR) is 41.1 cm³/mol. The number of nitrogens with one attached hydrogen (secondary N) is 1. The highest BCUT2D eigenvalue weighted by Crippen LogP contribution is 2.09. The molecule has 1 N–H and O–H groups in total. The molecule has 0 fully saturated rings. The molecule has 0 aliphatic carbocycles. The molecule has 0 atom stereocenters. The van der Waals surface area contributed by atoms with Gasteiger partial charge in [-0.3, -0.25) is 10.1 Å². The molecule has 1 aliphatic rings. The van der Waals surface area contributed by atoms with Crippen molar-refractivity contribution >= 4 is 0 Å². The number of hydrogen-bond acceptors (Lipinski definition) is 3. The zero-order valence-corrected chi connectivity index (χ0v) is 6.07. The van der Waals surface area contributed by atoms with Crippen LogP contribution in [0.2, 0.25) is 0 Å². The van der Waals surface area contributed by atoms with Crippen molar-refractivity contribution in [1.29, 1.82) is 0 Å². The van der Waals surface area contributed by atoms with Crippen LogP contribution in [0.15, 0.2) is 35.8 Å². The third-order valence-electron chi connectivity index (χ3n) is 1.34. The van der Waals surface area contributed by atoms with Crippen LogP contribution in [0.1, 0.15) is 6.92 Å². The summed E-state index contributed by atoms with van der Waals surface area (Å²) in [7, 11) is 0. The number of rotatable bonds is 1. The lowest BCUT2D eigenvalue weighted by Gasteiger charge is -2.07. The van der Waals surface area contributed by atoms with Gasteiger partial charge >= 0.3 is 0 Å². The van der Waals surface area contributed by atoms with Crippen molar-refractivity contribution < 1.29 is 4.92 Å². The number of dihydropyridines is 1. The number of allylic oxidation sites excluding steroid dienone is 3. The summed E-state index contributed by atoms with van der Waals surface area (Å²) in [6, 6.07) is 0. The Morgan fingerprint density at radius 3 is 3.00 bits per heavy atom. The monoisotopic (exact) mass is 152 g/mol. The van der Waals surface area contributed by atoms with E-state index in [1.54, 1.807) is 12.3 Å². The Bertz CT molecular complexity index is 264. The molecule has 4 heteroatoms. The fourth-order valence-corrected chi connectivity index (χ4v) is 0.778. The molecule has 0 aromatic carbocycles. The average Bonchev–Trinajstić information content (AvgIpc) is 1.93. The van der Waals surface area contributed by atoms with E-state index in [2.05, 4.69) is 5.32 Å². The lowest BCUT2D eigenvalue weighted by atomic mass is 10.2. The van der Waals surface area contributed by atoms with E-state index in [0.29, 0.717) is 5.70 Å². The van der Waals surface area contributed by atoms with E-state index >= 15 is 0 Å². The first-order chi connectivity index (χ1) is 5.20. The van der Waals surface area contributed by atoms with Crippen molar-refractivity contribution in [2.45, 2.75) is 6.92 Å². The smallest absolute Gasteiger partial charge is 0.257 e. The first-order valence-corrected chi connectivity index (χ1v) is 3.16. The summed E-state index contributed by atoms with van der Waals surface area (Å²) < 4.78 is 0. The van der Waals surface area contributed by atoms with E-state index in [9.17, 15) is 10.1 Å². The van der Waals surface area contributed by atoms with Crippen LogP contribution in [-0.2, 0) is 0 Å². The Kier molecular flexibility index (Phi) is 2.06. The molecular formula is C7H8N2O2. The van der Waals surface area contributed by atoms with Crippen molar-refractivity contribution in [3.8, 4) is 0 Å². The maximum absolute atomic E-state index is 10.1. The molecule has 0 unspecified atom stereocenters. The van der Waals surface area contributed by atoms with E-state index in [4.69, 9.17) is 0 Å². The average molecular weight is 152 g/mol. The second-order valence-electron chi connectivity index (χ2n) is 2.18. The zero-order chi connectivity index (χ0) is 8.27. The normalized spacial score (nSPS) is 19.4. The fraction of sp³-hybridized carbons (Fsp3) is 0.143. The number of hydrogen-bond donors (Lipinski definition) is 1. The first-order valence-electron chi connectivity index (χ1n) is 3.16. The van der Waals surface area contributed by atoms with Crippen molar-refractivity contribution in [3.05, 3.63) is 45.9 Å². The molecule has 58 valence electrons. The van der Waals surface area contributed by atoms with Gasteiger partial charge in [0.2, 0.25) is 0 Å². The Morgan fingerprint density at radius 2 is 2.45 bits per heavy atom. The number of nitro groups is 1. The second-order valence-corrected chi connectivity index (χ2v) is 2.18. The Balaban J connectivity index is 2.83. The quantitative estimate of drug-likeness (QED) is 0.453. The van der Waals surface area contributed by atoms with Gasteiger partial charge in [-0.25, -0.2) is 0 Å².